The average molecular weight is 432 g/mol. The van der Waals surface area contributed by atoms with Gasteiger partial charge < -0.3 is 9.64 Å². The highest BCUT2D eigenvalue weighted by atomic mass is 32.2. The van der Waals surface area contributed by atoms with Gasteiger partial charge in [0.2, 0.25) is 0 Å². The summed E-state index contributed by atoms with van der Waals surface area (Å²) in [6.07, 6.45) is 1.29. The van der Waals surface area contributed by atoms with Crippen molar-refractivity contribution in [1.29, 1.82) is 0 Å². The molecule has 1 saturated heterocycles. The van der Waals surface area contributed by atoms with E-state index in [1.54, 1.807) is 4.90 Å². The predicted octanol–water partition coefficient (Wildman–Crippen LogP) is 2.75. The quantitative estimate of drug-likeness (QED) is 0.469. The summed E-state index contributed by atoms with van der Waals surface area (Å²) >= 11 is 0. The Labute approximate surface area is 175 Å². The third-order valence-electron chi connectivity index (χ3n) is 5.14. The van der Waals surface area contributed by atoms with Crippen molar-refractivity contribution >= 4 is 21.4 Å². The Bertz CT molecular complexity index is 1020. The highest BCUT2D eigenvalue weighted by Gasteiger charge is 2.34. The molecule has 0 spiro atoms. The van der Waals surface area contributed by atoms with Gasteiger partial charge in [0.25, 0.3) is 11.6 Å². The summed E-state index contributed by atoms with van der Waals surface area (Å²) < 4.78 is 29.4. The van der Waals surface area contributed by atoms with Crippen molar-refractivity contribution in [3.63, 3.8) is 0 Å². The number of nitro groups is 1. The van der Waals surface area contributed by atoms with Gasteiger partial charge in [-0.05, 0) is 30.0 Å². The first-order valence-electron chi connectivity index (χ1n) is 9.72. The van der Waals surface area contributed by atoms with Crippen molar-refractivity contribution < 1.29 is 22.9 Å². The molecule has 1 amide bonds. The van der Waals surface area contributed by atoms with Gasteiger partial charge >= 0.3 is 0 Å². The Hall–Kier alpha value is -2.94. The van der Waals surface area contributed by atoms with Gasteiger partial charge in [-0.2, -0.15) is 0 Å². The molecule has 1 aliphatic heterocycles. The number of benzene rings is 2. The van der Waals surface area contributed by atoms with Crippen LogP contribution >= 0.6 is 0 Å². The number of rotatable bonds is 8. The number of non-ortho nitro benzene ring substituents is 1. The van der Waals surface area contributed by atoms with E-state index in [-0.39, 0.29) is 42.0 Å². The first-order chi connectivity index (χ1) is 14.3. The van der Waals surface area contributed by atoms with E-state index in [0.717, 1.165) is 12.0 Å². The van der Waals surface area contributed by atoms with Crippen LogP contribution in [0.5, 0.6) is 5.75 Å². The molecule has 0 aliphatic carbocycles. The maximum absolute atomic E-state index is 12.9. The molecule has 3 rings (SSSR count). The number of hydrogen-bond acceptors (Lipinski definition) is 6. The van der Waals surface area contributed by atoms with E-state index in [0.29, 0.717) is 6.42 Å². The second-order valence-corrected chi connectivity index (χ2v) is 9.52. The molecule has 2 aromatic carbocycles. The molecule has 1 heterocycles. The van der Waals surface area contributed by atoms with Crippen molar-refractivity contribution in [3.05, 3.63) is 69.8 Å². The minimum atomic E-state index is -3.17. The molecule has 0 aromatic heterocycles. The van der Waals surface area contributed by atoms with Crippen LogP contribution in [-0.2, 0) is 27.6 Å². The van der Waals surface area contributed by atoms with Crippen molar-refractivity contribution in [2.45, 2.75) is 32.4 Å². The predicted molar refractivity (Wildman–Crippen MR) is 112 cm³/mol. The molecule has 0 bridgehead atoms. The van der Waals surface area contributed by atoms with Crippen LogP contribution in [0.1, 0.15) is 24.5 Å². The van der Waals surface area contributed by atoms with Crippen molar-refractivity contribution in [1.82, 2.24) is 4.90 Å². The molecule has 9 heteroatoms. The monoisotopic (exact) mass is 432 g/mol. The number of aryl methyl sites for hydroxylation is 1. The molecule has 0 radical (unpaired) electrons. The summed E-state index contributed by atoms with van der Waals surface area (Å²) in [5.74, 6) is -0.156. The maximum Gasteiger partial charge on any atom is 0.273 e. The minimum absolute atomic E-state index is 0.0575. The van der Waals surface area contributed by atoms with Crippen LogP contribution in [0.2, 0.25) is 0 Å². The topological polar surface area (TPSA) is 107 Å². The fourth-order valence-corrected chi connectivity index (χ4v) is 5.16. The Morgan fingerprint density at radius 3 is 2.50 bits per heavy atom. The summed E-state index contributed by atoms with van der Waals surface area (Å²) in [4.78, 5) is 24.8. The number of carbonyl (C=O) groups excluding carboxylic acids is 1. The molecule has 0 saturated carbocycles. The van der Waals surface area contributed by atoms with Crippen LogP contribution < -0.4 is 4.74 Å². The number of hydrogen-bond donors (Lipinski definition) is 0. The largest absolute Gasteiger partial charge is 0.484 e. The average Bonchev–Trinajstić information content (AvgIpc) is 3.10. The summed E-state index contributed by atoms with van der Waals surface area (Å²) in [5.41, 5.74) is 1.95. The molecule has 0 N–H and O–H groups in total. The summed E-state index contributed by atoms with van der Waals surface area (Å²) in [7, 11) is -3.17. The van der Waals surface area contributed by atoms with E-state index in [9.17, 15) is 23.3 Å². The normalized spacial score (nSPS) is 17.4. The lowest BCUT2D eigenvalue weighted by Gasteiger charge is -2.28. The van der Waals surface area contributed by atoms with Crippen LogP contribution in [0.25, 0.3) is 0 Å². The SMILES string of the molecule is CCc1ccc(CN(C(=O)COc2cccc([N+](=O)[O-])c2)C2CCS(=O)(=O)C2)cc1. The van der Waals surface area contributed by atoms with Crippen LogP contribution in [0.3, 0.4) is 0 Å². The second kappa shape index (κ2) is 9.25. The van der Waals surface area contributed by atoms with Gasteiger partial charge in [-0.1, -0.05) is 37.3 Å². The molecule has 1 aliphatic rings. The zero-order chi connectivity index (χ0) is 21.7. The smallest absolute Gasteiger partial charge is 0.273 e. The Morgan fingerprint density at radius 1 is 1.20 bits per heavy atom. The van der Waals surface area contributed by atoms with E-state index in [4.69, 9.17) is 4.74 Å². The maximum atomic E-state index is 12.9. The van der Waals surface area contributed by atoms with Crippen molar-refractivity contribution in [2.24, 2.45) is 0 Å². The summed E-state index contributed by atoms with van der Waals surface area (Å²) in [6.45, 7) is 2.01. The number of amides is 1. The molecule has 1 atom stereocenters. The first kappa shape index (κ1) is 21.8. The zero-order valence-electron chi connectivity index (χ0n) is 16.7. The van der Waals surface area contributed by atoms with E-state index in [1.165, 1.54) is 29.8 Å². The van der Waals surface area contributed by atoms with Crippen molar-refractivity contribution in [2.75, 3.05) is 18.1 Å². The lowest BCUT2D eigenvalue weighted by Crippen LogP contribution is -2.43. The molecule has 160 valence electrons. The highest BCUT2D eigenvalue weighted by molar-refractivity contribution is 7.91. The molecule has 1 fully saturated rings. The van der Waals surface area contributed by atoms with E-state index >= 15 is 0 Å². The molecule has 1 unspecified atom stereocenters. The fourth-order valence-electron chi connectivity index (χ4n) is 3.43. The molecular weight excluding hydrogens is 408 g/mol. The second-order valence-electron chi connectivity index (χ2n) is 7.29. The zero-order valence-corrected chi connectivity index (χ0v) is 17.5. The lowest BCUT2D eigenvalue weighted by atomic mass is 10.1. The van der Waals surface area contributed by atoms with Gasteiger partial charge in [-0.25, -0.2) is 8.42 Å². The third-order valence-corrected chi connectivity index (χ3v) is 6.89. The van der Waals surface area contributed by atoms with Crippen LogP contribution in [0, 0.1) is 10.1 Å². The Balaban J connectivity index is 1.74. The Kier molecular flexibility index (Phi) is 6.71. The van der Waals surface area contributed by atoms with Crippen molar-refractivity contribution in [3.8, 4) is 5.75 Å². The number of nitrogens with zero attached hydrogens (tertiary/aromatic N) is 2. The number of sulfone groups is 1. The standard InChI is InChI=1S/C21H24N2O6S/c1-2-16-6-8-17(9-7-16)13-22(19-10-11-30(27,28)15-19)21(24)14-29-20-5-3-4-18(12-20)23(25)26/h3-9,12,19H,2,10-11,13-15H2,1H3. The molecule has 2 aromatic rings. The number of carbonyl (C=O) groups is 1. The molecule has 30 heavy (non-hydrogen) atoms. The number of nitro benzene ring substituents is 1. The molecular formula is C21H24N2O6S. The first-order valence-corrected chi connectivity index (χ1v) is 11.5. The third kappa shape index (κ3) is 5.56. The highest BCUT2D eigenvalue weighted by Crippen LogP contribution is 2.22. The van der Waals surface area contributed by atoms with Gasteiger partial charge in [0.1, 0.15) is 5.75 Å². The van der Waals surface area contributed by atoms with Crippen LogP contribution in [-0.4, -0.2) is 48.3 Å². The summed E-state index contributed by atoms with van der Waals surface area (Å²) in [6, 6.07) is 13.0. The van der Waals surface area contributed by atoms with Gasteiger partial charge in [0, 0.05) is 18.7 Å². The van der Waals surface area contributed by atoms with Crippen LogP contribution in [0.15, 0.2) is 48.5 Å². The fraction of sp³-hybridized carbons (Fsp3) is 0.381. The lowest BCUT2D eigenvalue weighted by molar-refractivity contribution is -0.384. The summed E-state index contributed by atoms with van der Waals surface area (Å²) in [5, 5.41) is 10.9. The molecule has 8 nitrogen and oxygen atoms in total. The van der Waals surface area contributed by atoms with Gasteiger partial charge in [0.15, 0.2) is 16.4 Å². The van der Waals surface area contributed by atoms with Gasteiger partial charge in [0.05, 0.1) is 22.5 Å². The van der Waals surface area contributed by atoms with E-state index in [2.05, 4.69) is 6.92 Å². The van der Waals surface area contributed by atoms with Gasteiger partial charge in [-0.15, -0.1) is 0 Å². The Morgan fingerprint density at radius 2 is 1.90 bits per heavy atom. The van der Waals surface area contributed by atoms with E-state index < -0.39 is 20.8 Å². The van der Waals surface area contributed by atoms with Gasteiger partial charge in [-0.3, -0.25) is 14.9 Å². The minimum Gasteiger partial charge on any atom is -0.484 e. The number of ether oxygens (including phenoxy) is 1. The van der Waals surface area contributed by atoms with Crippen LogP contribution in [0.4, 0.5) is 5.69 Å². The van der Waals surface area contributed by atoms with E-state index in [1.807, 2.05) is 24.3 Å².